The smallest absolute Gasteiger partial charge is 0.333 e. The lowest BCUT2D eigenvalue weighted by Crippen LogP contribution is -2.32. The van der Waals surface area contributed by atoms with Crippen LogP contribution in [0.2, 0.25) is 0 Å². The van der Waals surface area contributed by atoms with Crippen molar-refractivity contribution < 1.29 is 19.7 Å². The first-order valence-electron chi connectivity index (χ1n) is 6.81. The largest absolute Gasteiger partial charge is 0.508 e. The Morgan fingerprint density at radius 3 is 2.68 bits per heavy atom. The summed E-state index contributed by atoms with van der Waals surface area (Å²) in [5.74, 6) is -0.784. The summed E-state index contributed by atoms with van der Waals surface area (Å²) in [4.78, 5) is 11.3. The highest BCUT2D eigenvalue weighted by molar-refractivity contribution is 5.72. The lowest BCUT2D eigenvalue weighted by atomic mass is 9.97. The Morgan fingerprint density at radius 1 is 1.32 bits per heavy atom. The Bertz CT molecular complexity index is 424. The molecule has 4 heteroatoms. The third kappa shape index (κ3) is 4.24. The van der Waals surface area contributed by atoms with Crippen molar-refractivity contribution in [3.63, 3.8) is 0 Å². The molecule has 4 nitrogen and oxygen atoms in total. The summed E-state index contributed by atoms with van der Waals surface area (Å²) < 4.78 is 5.72. The summed E-state index contributed by atoms with van der Waals surface area (Å²) in [6, 6.07) is 6.67. The van der Waals surface area contributed by atoms with Gasteiger partial charge < -0.3 is 14.9 Å². The maximum atomic E-state index is 11.3. The number of phenols is 1. The van der Waals surface area contributed by atoms with Crippen molar-refractivity contribution in [3.8, 4) is 5.75 Å². The fourth-order valence-corrected chi connectivity index (χ4v) is 2.52. The van der Waals surface area contributed by atoms with Crippen LogP contribution in [-0.4, -0.2) is 28.4 Å². The van der Waals surface area contributed by atoms with Gasteiger partial charge in [-0.1, -0.05) is 31.4 Å². The van der Waals surface area contributed by atoms with Crippen LogP contribution in [0.15, 0.2) is 24.3 Å². The number of rotatable bonds is 5. The van der Waals surface area contributed by atoms with Crippen molar-refractivity contribution in [2.45, 2.75) is 50.7 Å². The summed E-state index contributed by atoms with van der Waals surface area (Å²) in [6.07, 6.45) is 4.86. The summed E-state index contributed by atoms with van der Waals surface area (Å²) in [5.41, 5.74) is 0.781. The molecule has 2 N–H and O–H groups in total. The van der Waals surface area contributed by atoms with E-state index in [1.54, 1.807) is 24.3 Å². The average Bonchev–Trinajstić information content (AvgIpc) is 2.39. The summed E-state index contributed by atoms with van der Waals surface area (Å²) in [5, 5.41) is 18.6. The number of hydrogen-bond acceptors (Lipinski definition) is 3. The van der Waals surface area contributed by atoms with Gasteiger partial charge in [-0.3, -0.25) is 0 Å². The minimum atomic E-state index is -0.936. The molecule has 0 saturated heterocycles. The highest BCUT2D eigenvalue weighted by Crippen LogP contribution is 2.23. The van der Waals surface area contributed by atoms with E-state index in [-0.39, 0.29) is 11.9 Å². The van der Waals surface area contributed by atoms with Crippen LogP contribution < -0.4 is 0 Å². The minimum Gasteiger partial charge on any atom is -0.508 e. The van der Waals surface area contributed by atoms with Crippen molar-refractivity contribution in [1.82, 2.24) is 0 Å². The number of carboxylic acid groups (broad SMARTS) is 1. The molecule has 0 amide bonds. The van der Waals surface area contributed by atoms with E-state index in [1.807, 2.05) is 0 Å². The molecule has 1 fully saturated rings. The molecule has 19 heavy (non-hydrogen) atoms. The predicted octanol–water partition coefficient (Wildman–Crippen LogP) is 2.74. The van der Waals surface area contributed by atoms with E-state index >= 15 is 0 Å². The highest BCUT2D eigenvalue weighted by Gasteiger charge is 2.24. The van der Waals surface area contributed by atoms with Crippen molar-refractivity contribution in [3.05, 3.63) is 29.8 Å². The van der Waals surface area contributed by atoms with E-state index in [9.17, 15) is 15.0 Å². The van der Waals surface area contributed by atoms with Gasteiger partial charge in [0.2, 0.25) is 0 Å². The molecule has 2 rings (SSSR count). The monoisotopic (exact) mass is 264 g/mol. The first-order chi connectivity index (χ1) is 9.15. The van der Waals surface area contributed by atoms with Crippen molar-refractivity contribution in [2.24, 2.45) is 0 Å². The number of ether oxygens (including phenoxy) is 1. The predicted molar refractivity (Wildman–Crippen MR) is 71.2 cm³/mol. The zero-order valence-electron chi connectivity index (χ0n) is 10.9. The summed E-state index contributed by atoms with van der Waals surface area (Å²) >= 11 is 0. The van der Waals surface area contributed by atoms with Gasteiger partial charge in [0.1, 0.15) is 5.75 Å². The molecule has 1 aliphatic carbocycles. The molecule has 0 heterocycles. The molecule has 0 spiro atoms. The van der Waals surface area contributed by atoms with Crippen LogP contribution in [0.5, 0.6) is 5.75 Å². The molecule has 1 saturated carbocycles. The maximum Gasteiger partial charge on any atom is 0.333 e. The second kappa shape index (κ2) is 6.57. The molecular weight excluding hydrogens is 244 g/mol. The number of phenolic OH excluding ortho intramolecular Hbond substituents is 1. The lowest BCUT2D eigenvalue weighted by molar-refractivity contribution is -0.155. The van der Waals surface area contributed by atoms with E-state index in [1.165, 1.54) is 6.42 Å². The normalized spacial score (nSPS) is 18.1. The second-order valence-electron chi connectivity index (χ2n) is 5.10. The van der Waals surface area contributed by atoms with Crippen LogP contribution >= 0.6 is 0 Å². The molecule has 0 aliphatic heterocycles. The first-order valence-corrected chi connectivity index (χ1v) is 6.81. The lowest BCUT2D eigenvalue weighted by Gasteiger charge is -2.25. The number of hydrogen-bond donors (Lipinski definition) is 2. The molecule has 0 aromatic heterocycles. The van der Waals surface area contributed by atoms with Gasteiger partial charge in [0.15, 0.2) is 6.10 Å². The maximum absolute atomic E-state index is 11.3. The van der Waals surface area contributed by atoms with Crippen molar-refractivity contribution >= 4 is 5.97 Å². The number of carboxylic acids is 1. The summed E-state index contributed by atoms with van der Waals surface area (Å²) in [6.45, 7) is 0. The number of benzene rings is 1. The van der Waals surface area contributed by atoms with Gasteiger partial charge in [-0.05, 0) is 30.5 Å². The zero-order valence-corrected chi connectivity index (χ0v) is 10.9. The average molecular weight is 264 g/mol. The molecule has 1 aromatic carbocycles. The molecule has 1 aliphatic rings. The van der Waals surface area contributed by atoms with E-state index in [0.717, 1.165) is 31.2 Å². The molecule has 1 atom stereocenters. The fraction of sp³-hybridized carbons (Fsp3) is 0.533. The van der Waals surface area contributed by atoms with Crippen LogP contribution in [0.1, 0.15) is 37.7 Å². The number of carbonyl (C=O) groups is 1. The van der Waals surface area contributed by atoms with E-state index < -0.39 is 12.1 Å². The molecule has 0 unspecified atom stereocenters. The van der Waals surface area contributed by atoms with E-state index in [2.05, 4.69) is 0 Å². The fourth-order valence-electron chi connectivity index (χ4n) is 2.52. The van der Waals surface area contributed by atoms with Crippen LogP contribution in [0, 0.1) is 0 Å². The molecule has 104 valence electrons. The van der Waals surface area contributed by atoms with Gasteiger partial charge >= 0.3 is 5.97 Å². The van der Waals surface area contributed by atoms with Crippen LogP contribution in [0.4, 0.5) is 0 Å². The Kier molecular flexibility index (Phi) is 4.80. The van der Waals surface area contributed by atoms with Crippen LogP contribution in [0.3, 0.4) is 0 Å². The quantitative estimate of drug-likeness (QED) is 0.858. The van der Waals surface area contributed by atoms with Gasteiger partial charge in [-0.25, -0.2) is 4.79 Å². The molecular formula is C15H20O4. The Balaban J connectivity index is 1.97. The van der Waals surface area contributed by atoms with Gasteiger partial charge in [-0.15, -0.1) is 0 Å². The third-order valence-electron chi connectivity index (χ3n) is 3.52. The van der Waals surface area contributed by atoms with Gasteiger partial charge in [0, 0.05) is 6.42 Å². The first kappa shape index (κ1) is 13.9. The van der Waals surface area contributed by atoms with Crippen LogP contribution in [0.25, 0.3) is 0 Å². The Labute approximate surface area is 113 Å². The van der Waals surface area contributed by atoms with Crippen LogP contribution in [-0.2, 0) is 16.0 Å². The van der Waals surface area contributed by atoms with Gasteiger partial charge in [-0.2, -0.15) is 0 Å². The van der Waals surface area contributed by atoms with Crippen molar-refractivity contribution in [2.75, 3.05) is 0 Å². The Hall–Kier alpha value is -1.55. The third-order valence-corrected chi connectivity index (χ3v) is 3.52. The standard InChI is InChI=1S/C15H20O4/c16-12-6-4-5-11(9-12)10-14(15(17)18)19-13-7-2-1-3-8-13/h4-6,9,13-14,16H,1-3,7-8,10H2,(H,17,18)/t14-/m0/s1. The van der Waals surface area contributed by atoms with Gasteiger partial charge in [0.25, 0.3) is 0 Å². The minimum absolute atomic E-state index is 0.0622. The molecule has 0 radical (unpaired) electrons. The van der Waals surface area contributed by atoms with E-state index in [4.69, 9.17) is 4.74 Å². The number of aromatic hydroxyl groups is 1. The van der Waals surface area contributed by atoms with Crippen molar-refractivity contribution in [1.29, 1.82) is 0 Å². The zero-order chi connectivity index (χ0) is 13.7. The molecule has 0 bridgehead atoms. The highest BCUT2D eigenvalue weighted by atomic mass is 16.5. The topological polar surface area (TPSA) is 66.8 Å². The van der Waals surface area contributed by atoms with E-state index in [0.29, 0.717) is 6.42 Å². The summed E-state index contributed by atoms with van der Waals surface area (Å²) in [7, 11) is 0. The number of aliphatic carboxylic acids is 1. The second-order valence-corrected chi connectivity index (χ2v) is 5.10. The Morgan fingerprint density at radius 2 is 2.05 bits per heavy atom. The molecule has 1 aromatic rings. The van der Waals surface area contributed by atoms with Gasteiger partial charge in [0.05, 0.1) is 6.10 Å². The SMILES string of the molecule is O=C(O)[C@H](Cc1cccc(O)c1)OC1CCCCC1.